The van der Waals surface area contributed by atoms with Crippen molar-refractivity contribution in [2.24, 2.45) is 11.8 Å². The molecule has 1 aromatic rings. The Morgan fingerprint density at radius 2 is 1.90 bits per heavy atom. The molecule has 0 bridgehead atoms. The van der Waals surface area contributed by atoms with Crippen molar-refractivity contribution in [3.8, 4) is 0 Å². The minimum absolute atomic E-state index is 0.0771. The molecule has 2 N–H and O–H groups in total. The van der Waals surface area contributed by atoms with Gasteiger partial charge in [-0.15, -0.1) is 0 Å². The first-order valence-electron chi connectivity index (χ1n) is 6.08. The molecule has 1 aliphatic carbocycles. The molecule has 2 unspecified atom stereocenters. The Labute approximate surface area is 122 Å². The van der Waals surface area contributed by atoms with Crippen molar-refractivity contribution in [1.29, 1.82) is 0 Å². The highest BCUT2D eigenvalue weighted by molar-refractivity contribution is 9.10. The molecule has 2 rings (SSSR count). The fraction of sp³-hybridized carbons (Fsp3) is 0.385. The maximum Gasteiger partial charge on any atom is 0.307 e. The van der Waals surface area contributed by atoms with Crippen LogP contribution in [0.3, 0.4) is 0 Å². The Kier molecular flexibility index (Phi) is 4.37. The fourth-order valence-electron chi connectivity index (χ4n) is 2.45. The van der Waals surface area contributed by atoms with Crippen LogP contribution in [0.2, 0.25) is 0 Å². The Hall–Kier alpha value is -1.50. The lowest BCUT2D eigenvalue weighted by Crippen LogP contribution is -2.30. The summed E-state index contributed by atoms with van der Waals surface area (Å²) in [6, 6.07) is 1.69. The smallest absolute Gasteiger partial charge is 0.307 e. The van der Waals surface area contributed by atoms with E-state index in [0.29, 0.717) is 25.3 Å². The van der Waals surface area contributed by atoms with E-state index >= 15 is 0 Å². The van der Waals surface area contributed by atoms with Crippen LogP contribution < -0.4 is 5.32 Å². The van der Waals surface area contributed by atoms with E-state index in [4.69, 9.17) is 5.11 Å². The number of halogens is 3. The fourth-order valence-corrected chi connectivity index (χ4v) is 2.95. The largest absolute Gasteiger partial charge is 0.481 e. The maximum absolute atomic E-state index is 13.6. The summed E-state index contributed by atoms with van der Waals surface area (Å²) in [5.41, 5.74) is -0.174. The van der Waals surface area contributed by atoms with Crippen LogP contribution in [0.1, 0.15) is 19.3 Å². The zero-order valence-electron chi connectivity index (χ0n) is 10.3. The van der Waals surface area contributed by atoms with Gasteiger partial charge in [0.15, 0.2) is 5.82 Å². The second-order valence-corrected chi connectivity index (χ2v) is 5.57. The second kappa shape index (κ2) is 5.87. The van der Waals surface area contributed by atoms with Gasteiger partial charge in [-0.05, 0) is 34.8 Å². The third-order valence-electron chi connectivity index (χ3n) is 3.43. The molecule has 0 saturated heterocycles. The van der Waals surface area contributed by atoms with Gasteiger partial charge in [-0.1, -0.05) is 6.42 Å². The first-order valence-corrected chi connectivity index (χ1v) is 6.87. The Morgan fingerprint density at radius 1 is 1.25 bits per heavy atom. The van der Waals surface area contributed by atoms with Crippen molar-refractivity contribution in [2.75, 3.05) is 5.32 Å². The van der Waals surface area contributed by atoms with E-state index in [9.17, 15) is 18.4 Å². The molecular formula is C13H12BrF2NO3. The van der Waals surface area contributed by atoms with Gasteiger partial charge in [-0.2, -0.15) is 0 Å². The summed E-state index contributed by atoms with van der Waals surface area (Å²) in [4.78, 5) is 23.1. The van der Waals surface area contributed by atoms with Crippen molar-refractivity contribution in [1.82, 2.24) is 0 Å². The molecule has 0 aliphatic heterocycles. The van der Waals surface area contributed by atoms with Crippen LogP contribution in [0.25, 0.3) is 0 Å². The number of hydrogen-bond donors (Lipinski definition) is 2. The lowest BCUT2D eigenvalue weighted by atomic mass is 9.95. The predicted molar refractivity (Wildman–Crippen MR) is 71.2 cm³/mol. The van der Waals surface area contributed by atoms with Gasteiger partial charge >= 0.3 is 5.97 Å². The number of carboxylic acids is 1. The van der Waals surface area contributed by atoms with E-state index < -0.39 is 35.3 Å². The van der Waals surface area contributed by atoms with Crippen molar-refractivity contribution >= 4 is 33.5 Å². The van der Waals surface area contributed by atoms with Crippen LogP contribution >= 0.6 is 15.9 Å². The van der Waals surface area contributed by atoms with Crippen LogP contribution in [-0.2, 0) is 9.59 Å². The number of aliphatic carboxylic acids is 1. The molecule has 1 saturated carbocycles. The van der Waals surface area contributed by atoms with Crippen molar-refractivity contribution in [2.45, 2.75) is 19.3 Å². The summed E-state index contributed by atoms with van der Waals surface area (Å²) in [7, 11) is 0. The highest BCUT2D eigenvalue weighted by Crippen LogP contribution is 2.34. The van der Waals surface area contributed by atoms with Gasteiger partial charge in [0.2, 0.25) is 5.91 Å². The van der Waals surface area contributed by atoms with Crippen LogP contribution in [-0.4, -0.2) is 17.0 Å². The van der Waals surface area contributed by atoms with E-state index in [0.717, 1.165) is 6.07 Å². The number of anilines is 1. The zero-order chi connectivity index (χ0) is 14.9. The van der Waals surface area contributed by atoms with E-state index in [-0.39, 0.29) is 10.2 Å². The number of amides is 1. The minimum Gasteiger partial charge on any atom is -0.481 e. The number of carbonyl (C=O) groups is 2. The summed E-state index contributed by atoms with van der Waals surface area (Å²) in [5, 5.41) is 11.4. The summed E-state index contributed by atoms with van der Waals surface area (Å²) in [6.07, 6.45) is 1.52. The van der Waals surface area contributed by atoms with E-state index in [1.54, 1.807) is 0 Å². The summed E-state index contributed by atoms with van der Waals surface area (Å²) in [5.74, 6) is -4.70. The molecule has 20 heavy (non-hydrogen) atoms. The van der Waals surface area contributed by atoms with Gasteiger partial charge in [0.25, 0.3) is 0 Å². The normalized spacial score (nSPS) is 21.8. The quantitative estimate of drug-likeness (QED) is 0.882. The number of nitrogens with one attached hydrogen (secondary N) is 1. The lowest BCUT2D eigenvalue weighted by molar-refractivity contribution is -0.145. The number of rotatable bonds is 3. The Bertz CT molecular complexity index is 542. The number of carboxylic acid groups (broad SMARTS) is 1. The molecular weight excluding hydrogens is 336 g/mol. The average molecular weight is 348 g/mol. The minimum atomic E-state index is -1.03. The molecule has 0 heterocycles. The topological polar surface area (TPSA) is 66.4 Å². The van der Waals surface area contributed by atoms with E-state index in [1.807, 2.05) is 0 Å². The molecule has 1 aliphatic rings. The molecule has 7 heteroatoms. The molecule has 0 aromatic heterocycles. The van der Waals surface area contributed by atoms with Crippen molar-refractivity contribution < 1.29 is 23.5 Å². The van der Waals surface area contributed by atoms with Crippen molar-refractivity contribution in [3.63, 3.8) is 0 Å². The monoisotopic (exact) mass is 347 g/mol. The molecule has 0 radical (unpaired) electrons. The Morgan fingerprint density at radius 3 is 2.50 bits per heavy atom. The third kappa shape index (κ3) is 2.98. The standard InChI is InChI=1S/C13H12BrF2NO3/c14-9-4-6(15)5-10(16)11(9)17-12(18)7-2-1-3-8(7)13(19)20/h4-5,7-8H,1-3H2,(H,17,18)(H,19,20). The Balaban J connectivity index is 2.18. The number of carbonyl (C=O) groups excluding carboxylic acids is 1. The lowest BCUT2D eigenvalue weighted by Gasteiger charge is -2.16. The molecule has 1 amide bonds. The van der Waals surface area contributed by atoms with Gasteiger partial charge in [-0.25, -0.2) is 8.78 Å². The summed E-state index contributed by atoms with van der Waals surface area (Å²) in [6.45, 7) is 0. The zero-order valence-corrected chi connectivity index (χ0v) is 11.9. The maximum atomic E-state index is 13.6. The number of hydrogen-bond acceptors (Lipinski definition) is 2. The van der Waals surface area contributed by atoms with Gasteiger partial charge in [-0.3, -0.25) is 9.59 Å². The van der Waals surface area contributed by atoms with Gasteiger partial charge < -0.3 is 10.4 Å². The van der Waals surface area contributed by atoms with Crippen molar-refractivity contribution in [3.05, 3.63) is 28.2 Å². The SMILES string of the molecule is O=C(O)C1CCCC1C(=O)Nc1c(F)cc(F)cc1Br. The highest BCUT2D eigenvalue weighted by atomic mass is 79.9. The van der Waals surface area contributed by atoms with Crippen LogP contribution in [0.15, 0.2) is 16.6 Å². The molecule has 108 valence electrons. The van der Waals surface area contributed by atoms with E-state index in [2.05, 4.69) is 21.2 Å². The van der Waals surface area contributed by atoms with E-state index in [1.165, 1.54) is 0 Å². The third-order valence-corrected chi connectivity index (χ3v) is 4.05. The van der Waals surface area contributed by atoms with Gasteiger partial charge in [0, 0.05) is 10.5 Å². The van der Waals surface area contributed by atoms with Gasteiger partial charge in [0.05, 0.1) is 17.5 Å². The molecule has 0 spiro atoms. The predicted octanol–water partition coefficient (Wildman–Crippen LogP) is 3.17. The molecule has 1 aromatic carbocycles. The highest BCUT2D eigenvalue weighted by Gasteiger charge is 2.38. The summed E-state index contributed by atoms with van der Waals surface area (Å²) >= 11 is 2.97. The van der Waals surface area contributed by atoms with Crippen LogP contribution in [0.5, 0.6) is 0 Å². The first-order chi connectivity index (χ1) is 9.40. The summed E-state index contributed by atoms with van der Waals surface area (Å²) < 4.78 is 26.6. The molecule has 2 atom stereocenters. The van der Waals surface area contributed by atoms with Crippen LogP contribution in [0.4, 0.5) is 14.5 Å². The molecule has 1 fully saturated rings. The average Bonchev–Trinajstić information content (AvgIpc) is 2.82. The van der Waals surface area contributed by atoms with Gasteiger partial charge in [0.1, 0.15) is 5.82 Å². The second-order valence-electron chi connectivity index (χ2n) is 4.72. The molecule has 4 nitrogen and oxygen atoms in total. The number of benzene rings is 1. The first kappa shape index (κ1) is 14.9. The van der Waals surface area contributed by atoms with Crippen LogP contribution in [0, 0.1) is 23.5 Å².